The summed E-state index contributed by atoms with van der Waals surface area (Å²) in [5, 5.41) is 14.9. The van der Waals surface area contributed by atoms with Crippen LogP contribution in [0.4, 0.5) is 5.82 Å². The largest absolute Gasteiger partial charge is 0.480 e. The normalized spacial score (nSPS) is 18.7. The van der Waals surface area contributed by atoms with Gasteiger partial charge in [0.1, 0.15) is 11.9 Å². The predicted octanol–water partition coefficient (Wildman–Crippen LogP) is 3.47. The van der Waals surface area contributed by atoms with Crippen molar-refractivity contribution < 1.29 is 14.7 Å². The van der Waals surface area contributed by atoms with E-state index in [9.17, 15) is 14.7 Å². The number of benzene rings is 1. The number of aliphatic carboxylic acids is 1. The first-order chi connectivity index (χ1) is 15.8. The van der Waals surface area contributed by atoms with E-state index in [2.05, 4.69) is 26.0 Å². The van der Waals surface area contributed by atoms with Crippen molar-refractivity contribution in [3.8, 4) is 11.1 Å². The molecule has 2 unspecified atom stereocenters. The molecule has 1 saturated heterocycles. The fourth-order valence-electron chi connectivity index (χ4n) is 4.50. The molecule has 4 aromatic rings. The van der Waals surface area contributed by atoms with Crippen LogP contribution in [-0.2, 0) is 9.59 Å². The van der Waals surface area contributed by atoms with Crippen LogP contribution in [0.25, 0.3) is 27.7 Å². The number of likely N-dealkylation sites (tertiary alicyclic amines) is 1. The molecule has 1 aliphatic rings. The topological polar surface area (TPSA) is 127 Å². The van der Waals surface area contributed by atoms with Gasteiger partial charge in [-0.2, -0.15) is 9.61 Å². The number of nitrogen functional groups attached to an aromatic ring is 1. The van der Waals surface area contributed by atoms with Gasteiger partial charge in [-0.1, -0.05) is 18.2 Å². The van der Waals surface area contributed by atoms with Crippen LogP contribution in [0.5, 0.6) is 0 Å². The number of hydrogen-bond donors (Lipinski definition) is 2. The number of nitrogens with zero attached hydrogens (tertiary/aromatic N) is 5. The van der Waals surface area contributed by atoms with Gasteiger partial charge < -0.3 is 15.7 Å². The second-order valence-electron chi connectivity index (χ2n) is 8.21. The Morgan fingerprint density at radius 2 is 2.00 bits per heavy atom. The van der Waals surface area contributed by atoms with E-state index in [-0.39, 0.29) is 18.4 Å². The molecule has 2 atom stereocenters. The van der Waals surface area contributed by atoms with Gasteiger partial charge in [-0.3, -0.25) is 9.78 Å². The Balaban J connectivity index is 1.60. The maximum absolute atomic E-state index is 12.1. The van der Waals surface area contributed by atoms with Crippen LogP contribution < -0.4 is 5.73 Å². The van der Waals surface area contributed by atoms with Gasteiger partial charge in [-0.05, 0) is 40.9 Å². The van der Waals surface area contributed by atoms with Crippen molar-refractivity contribution in [2.24, 2.45) is 0 Å². The lowest BCUT2D eigenvalue weighted by Gasteiger charge is -2.37. The fraction of sp³-hybridized carbons (Fsp3) is 0.261. The van der Waals surface area contributed by atoms with Crippen molar-refractivity contribution in [1.29, 1.82) is 0 Å². The third-order valence-corrected chi connectivity index (χ3v) is 7.02. The van der Waals surface area contributed by atoms with Crippen molar-refractivity contribution in [2.75, 3.05) is 12.3 Å². The van der Waals surface area contributed by atoms with Crippen LogP contribution in [0.2, 0.25) is 0 Å². The monoisotopic (exact) mass is 508 g/mol. The maximum Gasteiger partial charge on any atom is 0.326 e. The summed E-state index contributed by atoms with van der Waals surface area (Å²) in [6.45, 7) is 1.65. The van der Waals surface area contributed by atoms with Crippen LogP contribution >= 0.6 is 15.9 Å². The van der Waals surface area contributed by atoms with Crippen molar-refractivity contribution in [1.82, 2.24) is 24.5 Å². The average Bonchev–Trinajstić information content (AvgIpc) is 3.24. The number of anilines is 1. The summed E-state index contributed by atoms with van der Waals surface area (Å²) < 4.78 is 2.17. The molecule has 4 heterocycles. The zero-order valence-electron chi connectivity index (χ0n) is 17.8. The summed E-state index contributed by atoms with van der Waals surface area (Å²) in [5.41, 5.74) is 10.2. The van der Waals surface area contributed by atoms with Gasteiger partial charge >= 0.3 is 5.97 Å². The smallest absolute Gasteiger partial charge is 0.326 e. The average molecular weight is 509 g/mol. The summed E-state index contributed by atoms with van der Waals surface area (Å²) in [4.78, 5) is 34.6. The molecule has 0 aliphatic carbocycles. The number of pyridine rings is 1. The van der Waals surface area contributed by atoms with Crippen LogP contribution in [-0.4, -0.2) is 54.1 Å². The minimum absolute atomic E-state index is 0.163. The van der Waals surface area contributed by atoms with E-state index in [1.165, 1.54) is 11.8 Å². The molecular weight excluding hydrogens is 488 g/mol. The number of halogens is 1. The van der Waals surface area contributed by atoms with Gasteiger partial charge in [-0.25, -0.2) is 9.78 Å². The maximum atomic E-state index is 12.1. The van der Waals surface area contributed by atoms with Crippen molar-refractivity contribution in [3.63, 3.8) is 0 Å². The number of piperidine rings is 1. The van der Waals surface area contributed by atoms with Crippen LogP contribution in [0.3, 0.4) is 0 Å². The minimum Gasteiger partial charge on any atom is -0.480 e. The molecule has 1 aromatic carbocycles. The number of fused-ring (bicyclic) bond motifs is 2. The SMILES string of the molecule is CC(=O)N1CC(c2nc3c(-c4cnc5ccccc5c4)cnn3c(N)c2Br)CCC1C(=O)O. The number of para-hydroxylation sites is 1. The number of aromatic nitrogens is 4. The van der Waals surface area contributed by atoms with E-state index >= 15 is 0 Å². The highest BCUT2D eigenvalue weighted by Gasteiger charge is 2.36. The number of carboxylic acid groups (broad SMARTS) is 1. The lowest BCUT2D eigenvalue weighted by molar-refractivity contribution is -0.151. The van der Waals surface area contributed by atoms with Crippen LogP contribution in [0.15, 0.2) is 47.2 Å². The van der Waals surface area contributed by atoms with Crippen molar-refractivity contribution in [2.45, 2.75) is 31.7 Å². The van der Waals surface area contributed by atoms with E-state index in [1.54, 1.807) is 16.9 Å². The number of carbonyl (C=O) groups excluding carboxylic acids is 1. The second-order valence-corrected chi connectivity index (χ2v) is 9.00. The Kier molecular flexibility index (Phi) is 5.24. The summed E-state index contributed by atoms with van der Waals surface area (Å²) in [7, 11) is 0. The van der Waals surface area contributed by atoms with E-state index in [4.69, 9.17) is 10.7 Å². The zero-order valence-corrected chi connectivity index (χ0v) is 19.4. The van der Waals surface area contributed by atoms with Crippen molar-refractivity contribution >= 4 is 50.2 Å². The molecule has 9 nitrogen and oxygen atoms in total. The molecule has 0 saturated carbocycles. The first-order valence-corrected chi connectivity index (χ1v) is 11.3. The molecule has 168 valence electrons. The highest BCUT2D eigenvalue weighted by Crippen LogP contribution is 2.37. The molecule has 3 aromatic heterocycles. The molecule has 0 bridgehead atoms. The lowest BCUT2D eigenvalue weighted by Crippen LogP contribution is -2.49. The highest BCUT2D eigenvalue weighted by molar-refractivity contribution is 9.10. The molecule has 5 rings (SSSR count). The Hall–Kier alpha value is -3.53. The molecule has 1 amide bonds. The molecule has 1 aliphatic heterocycles. The van der Waals surface area contributed by atoms with Gasteiger partial charge in [-0.15, -0.1) is 0 Å². The van der Waals surface area contributed by atoms with E-state index in [0.717, 1.165) is 22.0 Å². The minimum atomic E-state index is -0.993. The molecule has 33 heavy (non-hydrogen) atoms. The molecule has 0 radical (unpaired) electrons. The number of carboxylic acids is 1. The first-order valence-electron chi connectivity index (χ1n) is 10.5. The number of amides is 1. The number of hydrogen-bond acceptors (Lipinski definition) is 6. The Morgan fingerprint density at radius 3 is 2.76 bits per heavy atom. The lowest BCUT2D eigenvalue weighted by atomic mass is 9.90. The van der Waals surface area contributed by atoms with E-state index in [1.807, 2.05) is 30.3 Å². The van der Waals surface area contributed by atoms with E-state index < -0.39 is 12.0 Å². The number of nitrogens with two attached hydrogens (primary N) is 1. The van der Waals surface area contributed by atoms with Gasteiger partial charge in [0.15, 0.2) is 5.65 Å². The Morgan fingerprint density at radius 1 is 1.21 bits per heavy atom. The standard InChI is InChI=1S/C23H21BrN6O3/c1-12(31)29-11-14(6-7-18(29)23(32)33)20-19(24)21(25)30-22(28-20)16(10-27-30)15-8-13-4-2-3-5-17(13)26-9-15/h2-5,8-10,14,18H,6-7,11,25H2,1H3,(H,32,33). The van der Waals surface area contributed by atoms with Gasteiger partial charge in [0, 0.05) is 42.1 Å². The van der Waals surface area contributed by atoms with E-state index in [0.29, 0.717) is 34.5 Å². The highest BCUT2D eigenvalue weighted by atomic mass is 79.9. The zero-order chi connectivity index (χ0) is 23.3. The molecule has 10 heteroatoms. The summed E-state index contributed by atoms with van der Waals surface area (Å²) in [6.07, 6.45) is 4.42. The Bertz CT molecular complexity index is 1420. The quantitative estimate of drug-likeness (QED) is 0.433. The molecule has 3 N–H and O–H groups in total. The van der Waals surface area contributed by atoms with Gasteiger partial charge in [0.05, 0.1) is 21.9 Å². The summed E-state index contributed by atoms with van der Waals surface area (Å²) >= 11 is 3.56. The number of carbonyl (C=O) groups is 2. The van der Waals surface area contributed by atoms with Crippen LogP contribution in [0.1, 0.15) is 31.4 Å². The summed E-state index contributed by atoms with van der Waals surface area (Å²) in [6, 6.07) is 9.07. The molecular formula is C23H21BrN6O3. The third kappa shape index (κ3) is 3.60. The first kappa shape index (κ1) is 21.3. The summed E-state index contributed by atoms with van der Waals surface area (Å²) in [5.74, 6) is -1.04. The second kappa shape index (κ2) is 8.11. The third-order valence-electron chi connectivity index (χ3n) is 6.21. The Labute approximate surface area is 197 Å². The molecule has 1 fully saturated rings. The number of rotatable bonds is 3. The van der Waals surface area contributed by atoms with Crippen molar-refractivity contribution in [3.05, 3.63) is 52.9 Å². The van der Waals surface area contributed by atoms with Crippen LogP contribution in [0, 0.1) is 0 Å². The van der Waals surface area contributed by atoms with Gasteiger partial charge in [0.2, 0.25) is 5.91 Å². The fourth-order valence-corrected chi connectivity index (χ4v) is 5.08. The molecule has 0 spiro atoms. The van der Waals surface area contributed by atoms with Gasteiger partial charge in [0.25, 0.3) is 0 Å². The predicted molar refractivity (Wildman–Crippen MR) is 127 cm³/mol.